The van der Waals surface area contributed by atoms with Crippen LogP contribution in [0.25, 0.3) is 0 Å². The molecule has 0 aliphatic rings. The van der Waals surface area contributed by atoms with E-state index in [1.165, 1.54) is 0 Å². The SMILES string of the molecule is Cc1ccc(C)c(OCCOCC(F)(F)F)c1. The largest absolute Gasteiger partial charge is 0.491 e. The van der Waals surface area contributed by atoms with Crippen LogP contribution < -0.4 is 4.74 Å². The highest BCUT2D eigenvalue weighted by molar-refractivity contribution is 5.35. The number of alkyl halides is 3. The number of benzene rings is 1. The Morgan fingerprint density at radius 3 is 2.47 bits per heavy atom. The first-order chi connectivity index (χ1) is 7.88. The molecule has 0 saturated heterocycles. The van der Waals surface area contributed by atoms with Crippen molar-refractivity contribution in [3.8, 4) is 5.75 Å². The third-order valence-corrected chi connectivity index (χ3v) is 2.09. The normalized spacial score (nSPS) is 11.6. The minimum Gasteiger partial charge on any atom is -0.491 e. The van der Waals surface area contributed by atoms with E-state index >= 15 is 0 Å². The first-order valence-electron chi connectivity index (χ1n) is 5.23. The molecule has 0 aromatic heterocycles. The van der Waals surface area contributed by atoms with Crippen molar-refractivity contribution in [2.45, 2.75) is 20.0 Å². The van der Waals surface area contributed by atoms with Gasteiger partial charge in [0.15, 0.2) is 0 Å². The molecule has 0 unspecified atom stereocenters. The van der Waals surface area contributed by atoms with Crippen molar-refractivity contribution in [3.05, 3.63) is 29.3 Å². The van der Waals surface area contributed by atoms with Crippen molar-refractivity contribution < 1.29 is 22.6 Å². The Bertz CT molecular complexity index is 361. The van der Waals surface area contributed by atoms with E-state index in [0.717, 1.165) is 11.1 Å². The molecule has 1 aromatic carbocycles. The number of rotatable bonds is 5. The average molecular weight is 248 g/mol. The van der Waals surface area contributed by atoms with Gasteiger partial charge in [-0.25, -0.2) is 0 Å². The van der Waals surface area contributed by atoms with Crippen LogP contribution in [0.4, 0.5) is 13.2 Å². The zero-order valence-electron chi connectivity index (χ0n) is 9.80. The molecule has 0 N–H and O–H groups in total. The van der Waals surface area contributed by atoms with E-state index in [0.29, 0.717) is 5.75 Å². The number of aryl methyl sites for hydroxylation is 2. The van der Waals surface area contributed by atoms with E-state index in [9.17, 15) is 13.2 Å². The van der Waals surface area contributed by atoms with Gasteiger partial charge >= 0.3 is 6.18 Å². The lowest BCUT2D eigenvalue weighted by Gasteiger charge is -2.11. The standard InChI is InChI=1S/C12H15F3O2/c1-9-3-4-10(2)11(7-9)17-6-5-16-8-12(13,14)15/h3-4,7H,5-6,8H2,1-2H3. The molecule has 0 bridgehead atoms. The Hall–Kier alpha value is -1.23. The van der Waals surface area contributed by atoms with Gasteiger partial charge in [0, 0.05) is 0 Å². The van der Waals surface area contributed by atoms with Gasteiger partial charge in [0.1, 0.15) is 19.0 Å². The Balaban J connectivity index is 2.29. The molecule has 0 saturated carbocycles. The van der Waals surface area contributed by atoms with Gasteiger partial charge in [0.2, 0.25) is 0 Å². The molecule has 5 heteroatoms. The molecule has 96 valence electrons. The van der Waals surface area contributed by atoms with Crippen LogP contribution in [0.5, 0.6) is 5.75 Å². The van der Waals surface area contributed by atoms with E-state index in [1.54, 1.807) is 0 Å². The summed E-state index contributed by atoms with van der Waals surface area (Å²) in [6.45, 7) is 2.61. The van der Waals surface area contributed by atoms with Gasteiger partial charge in [-0.1, -0.05) is 12.1 Å². The first-order valence-corrected chi connectivity index (χ1v) is 5.23. The summed E-state index contributed by atoms with van der Waals surface area (Å²) >= 11 is 0. The Morgan fingerprint density at radius 2 is 1.82 bits per heavy atom. The van der Waals surface area contributed by atoms with E-state index in [4.69, 9.17) is 4.74 Å². The molecule has 1 aromatic rings. The fourth-order valence-electron chi connectivity index (χ4n) is 1.26. The molecule has 0 radical (unpaired) electrons. The second-order valence-corrected chi connectivity index (χ2v) is 3.79. The summed E-state index contributed by atoms with van der Waals surface area (Å²) in [5.74, 6) is 0.681. The summed E-state index contributed by atoms with van der Waals surface area (Å²) in [5.41, 5.74) is 1.99. The van der Waals surface area contributed by atoms with Gasteiger partial charge in [-0.2, -0.15) is 13.2 Å². The van der Waals surface area contributed by atoms with E-state index < -0.39 is 12.8 Å². The summed E-state index contributed by atoms with van der Waals surface area (Å²) in [7, 11) is 0. The maximum atomic E-state index is 11.8. The molecule has 0 aliphatic carbocycles. The van der Waals surface area contributed by atoms with Crippen molar-refractivity contribution in [3.63, 3.8) is 0 Å². The van der Waals surface area contributed by atoms with Crippen molar-refractivity contribution in [1.29, 1.82) is 0 Å². The molecule has 17 heavy (non-hydrogen) atoms. The highest BCUT2D eigenvalue weighted by Crippen LogP contribution is 2.19. The number of hydrogen-bond acceptors (Lipinski definition) is 2. The number of hydrogen-bond donors (Lipinski definition) is 0. The number of halogens is 3. The summed E-state index contributed by atoms with van der Waals surface area (Å²) in [5, 5.41) is 0. The zero-order valence-corrected chi connectivity index (χ0v) is 9.80. The fraction of sp³-hybridized carbons (Fsp3) is 0.500. The van der Waals surface area contributed by atoms with Crippen molar-refractivity contribution in [2.75, 3.05) is 19.8 Å². The summed E-state index contributed by atoms with van der Waals surface area (Å²) in [4.78, 5) is 0. The van der Waals surface area contributed by atoms with Crippen LogP contribution >= 0.6 is 0 Å². The van der Waals surface area contributed by atoms with Crippen LogP contribution in [0.2, 0.25) is 0 Å². The second-order valence-electron chi connectivity index (χ2n) is 3.79. The fourth-order valence-corrected chi connectivity index (χ4v) is 1.26. The van der Waals surface area contributed by atoms with E-state index in [2.05, 4.69) is 4.74 Å². The Kier molecular flexibility index (Phi) is 4.81. The smallest absolute Gasteiger partial charge is 0.411 e. The maximum absolute atomic E-state index is 11.8. The maximum Gasteiger partial charge on any atom is 0.411 e. The van der Waals surface area contributed by atoms with Crippen LogP contribution in [0.3, 0.4) is 0 Å². The average Bonchev–Trinajstić information content (AvgIpc) is 2.21. The summed E-state index contributed by atoms with van der Waals surface area (Å²) in [6, 6.07) is 5.70. The van der Waals surface area contributed by atoms with Crippen LogP contribution in [-0.4, -0.2) is 26.0 Å². The van der Waals surface area contributed by atoms with E-state index in [1.807, 2.05) is 32.0 Å². The minimum absolute atomic E-state index is 0.0765. The van der Waals surface area contributed by atoms with Gasteiger partial charge in [-0.3, -0.25) is 0 Å². The zero-order chi connectivity index (χ0) is 12.9. The van der Waals surface area contributed by atoms with Gasteiger partial charge in [0.05, 0.1) is 6.61 Å². The molecule has 0 spiro atoms. The summed E-state index contributed by atoms with van der Waals surface area (Å²) in [6.07, 6.45) is -4.28. The third-order valence-electron chi connectivity index (χ3n) is 2.09. The molecule has 1 rings (SSSR count). The second kappa shape index (κ2) is 5.91. The lowest BCUT2D eigenvalue weighted by molar-refractivity contribution is -0.175. The topological polar surface area (TPSA) is 18.5 Å². The molecule has 0 fully saturated rings. The number of ether oxygens (including phenoxy) is 2. The molecule has 2 nitrogen and oxygen atoms in total. The van der Waals surface area contributed by atoms with Crippen LogP contribution in [0.15, 0.2) is 18.2 Å². The minimum atomic E-state index is -4.28. The first kappa shape index (κ1) is 13.8. The van der Waals surface area contributed by atoms with Gasteiger partial charge in [-0.15, -0.1) is 0 Å². The lowest BCUT2D eigenvalue weighted by atomic mass is 10.1. The van der Waals surface area contributed by atoms with Crippen molar-refractivity contribution in [1.82, 2.24) is 0 Å². The molecular weight excluding hydrogens is 233 g/mol. The highest BCUT2D eigenvalue weighted by atomic mass is 19.4. The van der Waals surface area contributed by atoms with Crippen LogP contribution in [0.1, 0.15) is 11.1 Å². The van der Waals surface area contributed by atoms with Gasteiger partial charge in [-0.05, 0) is 31.0 Å². The lowest BCUT2D eigenvalue weighted by Crippen LogP contribution is -2.19. The van der Waals surface area contributed by atoms with Crippen LogP contribution in [0, 0.1) is 13.8 Å². The molecule has 0 heterocycles. The van der Waals surface area contributed by atoms with Crippen LogP contribution in [-0.2, 0) is 4.74 Å². The van der Waals surface area contributed by atoms with Crippen molar-refractivity contribution in [2.24, 2.45) is 0 Å². The Morgan fingerprint density at radius 1 is 1.12 bits per heavy atom. The van der Waals surface area contributed by atoms with Gasteiger partial charge in [0.25, 0.3) is 0 Å². The summed E-state index contributed by atoms with van der Waals surface area (Å²) < 4.78 is 45.1. The van der Waals surface area contributed by atoms with E-state index in [-0.39, 0.29) is 13.2 Å². The molecule has 0 atom stereocenters. The highest BCUT2D eigenvalue weighted by Gasteiger charge is 2.27. The predicted molar refractivity (Wildman–Crippen MR) is 58.3 cm³/mol. The molecular formula is C12H15F3O2. The van der Waals surface area contributed by atoms with Gasteiger partial charge < -0.3 is 9.47 Å². The third kappa shape index (κ3) is 5.58. The molecule has 0 aliphatic heterocycles. The molecule has 0 amide bonds. The van der Waals surface area contributed by atoms with Crippen molar-refractivity contribution >= 4 is 0 Å². The Labute approximate surface area is 98.3 Å². The quantitative estimate of drug-likeness (QED) is 0.744. The predicted octanol–water partition coefficient (Wildman–Crippen LogP) is 3.26. The monoisotopic (exact) mass is 248 g/mol.